The van der Waals surface area contributed by atoms with E-state index < -0.39 is 0 Å². The van der Waals surface area contributed by atoms with Crippen LogP contribution in [-0.2, 0) is 21.7 Å². The summed E-state index contributed by atoms with van der Waals surface area (Å²) in [6.07, 6.45) is 0. The van der Waals surface area contributed by atoms with E-state index in [1.54, 1.807) is 0 Å². The van der Waals surface area contributed by atoms with Gasteiger partial charge >= 0.3 is 0 Å². The first kappa shape index (κ1) is 40.4. The Bertz CT molecular complexity index is 2750. The van der Waals surface area contributed by atoms with E-state index in [2.05, 4.69) is 201 Å². The molecule has 0 bridgehead atoms. The highest BCUT2D eigenvalue weighted by molar-refractivity contribution is 6.11. The summed E-state index contributed by atoms with van der Waals surface area (Å²) < 4.78 is 4.63. The lowest BCUT2D eigenvalue weighted by molar-refractivity contribution is 0.590. The molecule has 0 atom stereocenters. The number of nitrogens with zero attached hydrogens (tertiary/aromatic N) is 4. The van der Waals surface area contributed by atoms with Crippen molar-refractivity contribution in [1.29, 1.82) is 10.5 Å². The number of allylic oxidation sites excluding steroid dienone is 2. The Labute approximate surface area is 356 Å². The second-order valence-corrected chi connectivity index (χ2v) is 20.7. The van der Waals surface area contributed by atoms with Crippen molar-refractivity contribution in [2.75, 3.05) is 0 Å². The predicted molar refractivity (Wildman–Crippen MR) is 254 cm³/mol. The minimum Gasteiger partial charge on any atom is -0.309 e. The number of rotatable bonds is 4. The largest absolute Gasteiger partial charge is 0.309 e. The van der Waals surface area contributed by atoms with Crippen LogP contribution in [0.5, 0.6) is 0 Å². The standard InChI is InChI=1S/C56H56N4/c1-53(2,3)37-17-25-49-43(29-37)44-30-38(54(4,5)6)18-26-50(44)59(49)41-21-13-35(14-22-41)47(33-57)48(34-58)36-15-23-42(24-16-36)60-51-27-19-39(55(7,8)9)31-45(51)46-32-40(56(10,11)12)20-28-52(46)60/h13-32H,1-12H3/b48-47+. The Kier molecular flexibility index (Phi) is 9.53. The minimum atomic E-state index is 0.0165. The maximum Gasteiger partial charge on any atom is 0.101 e. The van der Waals surface area contributed by atoms with E-state index in [-0.39, 0.29) is 21.7 Å². The maximum atomic E-state index is 10.6. The van der Waals surface area contributed by atoms with E-state index in [1.165, 1.54) is 43.8 Å². The highest BCUT2D eigenvalue weighted by atomic mass is 15.0. The second-order valence-electron chi connectivity index (χ2n) is 20.7. The van der Waals surface area contributed by atoms with Gasteiger partial charge in [-0.1, -0.05) is 132 Å². The van der Waals surface area contributed by atoms with Gasteiger partial charge in [0.25, 0.3) is 0 Å². The molecule has 0 fully saturated rings. The van der Waals surface area contributed by atoms with Crippen molar-refractivity contribution in [3.05, 3.63) is 155 Å². The molecule has 300 valence electrons. The number of hydrogen-bond acceptors (Lipinski definition) is 2. The van der Waals surface area contributed by atoms with Gasteiger partial charge in [-0.25, -0.2) is 0 Å². The van der Waals surface area contributed by atoms with Crippen LogP contribution in [0.15, 0.2) is 121 Å². The number of fused-ring (bicyclic) bond motifs is 6. The molecule has 2 heterocycles. The fourth-order valence-electron chi connectivity index (χ4n) is 8.55. The molecular formula is C56H56N4. The van der Waals surface area contributed by atoms with Gasteiger partial charge in [0.15, 0.2) is 0 Å². The third-order valence-electron chi connectivity index (χ3n) is 12.3. The number of nitriles is 2. The highest BCUT2D eigenvalue weighted by Crippen LogP contribution is 2.40. The van der Waals surface area contributed by atoms with Gasteiger partial charge in [0, 0.05) is 32.9 Å². The van der Waals surface area contributed by atoms with Gasteiger partial charge in [-0.2, -0.15) is 10.5 Å². The fourth-order valence-corrected chi connectivity index (χ4v) is 8.55. The SMILES string of the molecule is CC(C)(C)c1ccc2c(c1)c1cc(C(C)(C)C)ccc1n2-c1ccc(/C(C#N)=C(\C#N)c2ccc(-n3c4ccc(C(C)(C)C)cc4c4cc(C(C)(C)C)ccc43)cc2)cc1. The van der Waals surface area contributed by atoms with Crippen molar-refractivity contribution in [3.8, 4) is 23.5 Å². The van der Waals surface area contributed by atoms with Gasteiger partial charge in [0.1, 0.15) is 12.1 Å². The average Bonchev–Trinajstić information content (AvgIpc) is 3.70. The van der Waals surface area contributed by atoms with Crippen LogP contribution in [0.1, 0.15) is 116 Å². The van der Waals surface area contributed by atoms with E-state index >= 15 is 0 Å². The second kappa shape index (κ2) is 14.1. The van der Waals surface area contributed by atoms with Crippen LogP contribution in [-0.4, -0.2) is 9.13 Å². The van der Waals surface area contributed by atoms with Gasteiger partial charge in [-0.3, -0.25) is 0 Å². The lowest BCUT2D eigenvalue weighted by Crippen LogP contribution is -2.10. The lowest BCUT2D eigenvalue weighted by Gasteiger charge is -2.19. The Morgan fingerprint density at radius 3 is 0.783 bits per heavy atom. The van der Waals surface area contributed by atoms with Crippen molar-refractivity contribution < 1.29 is 0 Å². The molecule has 0 amide bonds. The summed E-state index contributed by atoms with van der Waals surface area (Å²) >= 11 is 0. The van der Waals surface area contributed by atoms with Gasteiger partial charge in [0.2, 0.25) is 0 Å². The zero-order chi connectivity index (χ0) is 43.1. The number of benzene rings is 6. The molecule has 0 aliphatic heterocycles. The zero-order valence-electron chi connectivity index (χ0n) is 37.3. The van der Waals surface area contributed by atoms with E-state index in [0.29, 0.717) is 22.3 Å². The minimum absolute atomic E-state index is 0.0165. The normalized spacial score (nSPS) is 13.2. The van der Waals surface area contributed by atoms with Crippen molar-refractivity contribution in [1.82, 2.24) is 9.13 Å². The smallest absolute Gasteiger partial charge is 0.101 e. The van der Waals surface area contributed by atoms with Crippen LogP contribution in [0.4, 0.5) is 0 Å². The summed E-state index contributed by atoms with van der Waals surface area (Å²) in [5, 5.41) is 26.1. The Balaban J connectivity index is 1.20. The molecule has 0 spiro atoms. The van der Waals surface area contributed by atoms with E-state index in [4.69, 9.17) is 0 Å². The van der Waals surface area contributed by atoms with Gasteiger partial charge in [0.05, 0.1) is 33.2 Å². The van der Waals surface area contributed by atoms with Gasteiger partial charge in [-0.15, -0.1) is 0 Å². The van der Waals surface area contributed by atoms with Crippen LogP contribution in [0.25, 0.3) is 66.1 Å². The maximum absolute atomic E-state index is 10.6. The first-order chi connectivity index (χ1) is 28.2. The molecule has 60 heavy (non-hydrogen) atoms. The lowest BCUT2D eigenvalue weighted by atomic mass is 9.85. The number of hydrogen-bond donors (Lipinski definition) is 0. The highest BCUT2D eigenvalue weighted by Gasteiger charge is 2.23. The molecule has 0 N–H and O–H groups in total. The van der Waals surface area contributed by atoms with Crippen molar-refractivity contribution in [2.45, 2.75) is 105 Å². The Hall–Kier alpha value is -6.36. The van der Waals surface area contributed by atoms with Crippen LogP contribution in [0, 0.1) is 22.7 Å². The van der Waals surface area contributed by atoms with E-state index in [9.17, 15) is 10.5 Å². The molecule has 0 saturated carbocycles. The average molecular weight is 785 g/mol. The zero-order valence-corrected chi connectivity index (χ0v) is 37.3. The van der Waals surface area contributed by atoms with Crippen molar-refractivity contribution >= 4 is 54.8 Å². The molecular weight excluding hydrogens is 729 g/mol. The fraction of sp³-hybridized carbons (Fsp3) is 0.286. The predicted octanol–water partition coefficient (Wildman–Crippen LogP) is 15.0. The van der Waals surface area contributed by atoms with Gasteiger partial charge in [-0.05, 0) is 128 Å². The molecule has 0 saturated heterocycles. The quantitative estimate of drug-likeness (QED) is 0.132. The van der Waals surface area contributed by atoms with Crippen LogP contribution < -0.4 is 0 Å². The summed E-state index contributed by atoms with van der Waals surface area (Å²) in [7, 11) is 0. The summed E-state index contributed by atoms with van der Waals surface area (Å²) in [4.78, 5) is 0. The molecule has 4 heteroatoms. The van der Waals surface area contributed by atoms with Crippen molar-refractivity contribution in [3.63, 3.8) is 0 Å². The van der Waals surface area contributed by atoms with Gasteiger partial charge < -0.3 is 9.13 Å². The Morgan fingerprint density at radius 1 is 0.350 bits per heavy atom. The summed E-state index contributed by atoms with van der Waals surface area (Å²) in [6.45, 7) is 27.1. The molecule has 0 aliphatic carbocycles. The van der Waals surface area contributed by atoms with Crippen LogP contribution >= 0.6 is 0 Å². The first-order valence-corrected chi connectivity index (χ1v) is 21.1. The molecule has 0 aliphatic rings. The van der Waals surface area contributed by atoms with E-state index in [1.807, 2.05) is 24.3 Å². The summed E-state index contributed by atoms with van der Waals surface area (Å²) in [5.41, 5.74) is 13.9. The molecule has 0 unspecified atom stereocenters. The third kappa shape index (κ3) is 6.99. The first-order valence-electron chi connectivity index (χ1n) is 21.1. The molecule has 0 radical (unpaired) electrons. The van der Waals surface area contributed by atoms with Crippen LogP contribution in [0.2, 0.25) is 0 Å². The van der Waals surface area contributed by atoms with Crippen LogP contribution in [0.3, 0.4) is 0 Å². The van der Waals surface area contributed by atoms with Crippen molar-refractivity contribution in [2.24, 2.45) is 0 Å². The monoisotopic (exact) mass is 784 g/mol. The number of aromatic nitrogens is 2. The van der Waals surface area contributed by atoms with E-state index in [0.717, 1.165) is 33.4 Å². The molecule has 2 aromatic heterocycles. The topological polar surface area (TPSA) is 57.4 Å². The molecule has 4 nitrogen and oxygen atoms in total. The summed E-state index contributed by atoms with van der Waals surface area (Å²) in [6, 6.07) is 48.3. The molecule has 8 aromatic rings. The molecule has 8 rings (SSSR count). The summed E-state index contributed by atoms with van der Waals surface area (Å²) in [5.74, 6) is 0. The third-order valence-corrected chi connectivity index (χ3v) is 12.3. The molecule has 6 aromatic carbocycles. The Morgan fingerprint density at radius 2 is 0.583 bits per heavy atom.